The standard InChI is InChI=1S/C10H11NO4S/c12-10(13)8-4-1-2-5-9(8)11-6-3-7-16(11,14)15/h1-2,4-5H,3,6-7H2,(H,12,13)/p-1. The summed E-state index contributed by atoms with van der Waals surface area (Å²) in [7, 11) is -3.35. The monoisotopic (exact) mass is 240 g/mol. The lowest BCUT2D eigenvalue weighted by Crippen LogP contribution is -2.30. The number of para-hydroxylation sites is 1. The van der Waals surface area contributed by atoms with Crippen LogP contribution in [0.25, 0.3) is 0 Å². The van der Waals surface area contributed by atoms with E-state index in [0.717, 1.165) is 4.31 Å². The first kappa shape index (κ1) is 10.9. The average molecular weight is 240 g/mol. The first-order chi connectivity index (χ1) is 7.52. The number of carboxylic acids is 1. The van der Waals surface area contributed by atoms with Gasteiger partial charge in [0.25, 0.3) is 0 Å². The summed E-state index contributed by atoms with van der Waals surface area (Å²) < 4.78 is 24.4. The molecule has 1 aromatic carbocycles. The minimum absolute atomic E-state index is 0.0639. The normalized spacial score (nSPS) is 18.6. The third-order valence-corrected chi connectivity index (χ3v) is 4.35. The minimum atomic E-state index is -3.35. The number of carbonyl (C=O) groups is 1. The van der Waals surface area contributed by atoms with Crippen LogP contribution in [0.5, 0.6) is 0 Å². The van der Waals surface area contributed by atoms with Gasteiger partial charge in [-0.3, -0.25) is 4.31 Å². The second-order valence-electron chi connectivity index (χ2n) is 3.55. The highest BCUT2D eigenvalue weighted by Crippen LogP contribution is 2.26. The van der Waals surface area contributed by atoms with Gasteiger partial charge in [0.2, 0.25) is 10.0 Å². The van der Waals surface area contributed by atoms with Crippen LogP contribution in [0.1, 0.15) is 16.8 Å². The van der Waals surface area contributed by atoms with Crippen LogP contribution in [0.4, 0.5) is 5.69 Å². The second kappa shape index (κ2) is 3.79. The Hall–Kier alpha value is -1.56. The molecule has 86 valence electrons. The largest absolute Gasteiger partial charge is 0.545 e. The Morgan fingerprint density at radius 2 is 2.00 bits per heavy atom. The van der Waals surface area contributed by atoms with E-state index in [-0.39, 0.29) is 17.0 Å². The van der Waals surface area contributed by atoms with Gasteiger partial charge in [-0.05, 0) is 12.5 Å². The molecule has 16 heavy (non-hydrogen) atoms. The van der Waals surface area contributed by atoms with Gasteiger partial charge in [-0.25, -0.2) is 8.42 Å². The van der Waals surface area contributed by atoms with Crippen molar-refractivity contribution in [2.24, 2.45) is 0 Å². The number of sulfonamides is 1. The molecule has 0 amide bonds. The van der Waals surface area contributed by atoms with Crippen molar-refractivity contribution >= 4 is 21.7 Å². The van der Waals surface area contributed by atoms with Crippen LogP contribution in [0.2, 0.25) is 0 Å². The van der Waals surface area contributed by atoms with E-state index in [0.29, 0.717) is 13.0 Å². The molecule has 0 bridgehead atoms. The topological polar surface area (TPSA) is 77.5 Å². The summed E-state index contributed by atoms with van der Waals surface area (Å²) in [4.78, 5) is 10.9. The number of aromatic carboxylic acids is 1. The zero-order chi connectivity index (χ0) is 11.8. The lowest BCUT2D eigenvalue weighted by atomic mass is 10.2. The van der Waals surface area contributed by atoms with Crippen molar-refractivity contribution in [2.45, 2.75) is 6.42 Å². The minimum Gasteiger partial charge on any atom is -0.545 e. The maximum Gasteiger partial charge on any atom is 0.235 e. The maximum atomic E-state index is 11.6. The first-order valence-corrected chi connectivity index (χ1v) is 6.44. The lowest BCUT2D eigenvalue weighted by Gasteiger charge is -2.20. The molecule has 1 aliphatic heterocycles. The van der Waals surface area contributed by atoms with Gasteiger partial charge >= 0.3 is 0 Å². The smallest absolute Gasteiger partial charge is 0.235 e. The van der Waals surface area contributed by atoms with Crippen molar-refractivity contribution in [1.82, 2.24) is 0 Å². The van der Waals surface area contributed by atoms with Gasteiger partial charge in [-0.15, -0.1) is 0 Å². The number of carbonyl (C=O) groups excluding carboxylic acids is 1. The van der Waals surface area contributed by atoms with E-state index < -0.39 is 16.0 Å². The summed E-state index contributed by atoms with van der Waals surface area (Å²) in [5, 5.41) is 10.9. The van der Waals surface area contributed by atoms with Crippen molar-refractivity contribution in [2.75, 3.05) is 16.6 Å². The molecule has 1 aromatic rings. The summed E-state index contributed by atoms with van der Waals surface area (Å²) in [5.74, 6) is -1.30. The predicted octanol–water partition coefficient (Wildman–Crippen LogP) is -0.410. The Kier molecular flexibility index (Phi) is 2.59. The number of hydrogen-bond acceptors (Lipinski definition) is 4. The Balaban J connectivity index is 2.52. The Labute approximate surface area is 93.4 Å². The molecule has 1 saturated heterocycles. The molecule has 0 aromatic heterocycles. The number of rotatable bonds is 2. The van der Waals surface area contributed by atoms with Gasteiger partial charge in [0, 0.05) is 12.1 Å². The number of anilines is 1. The molecule has 6 heteroatoms. The van der Waals surface area contributed by atoms with Crippen LogP contribution in [0.3, 0.4) is 0 Å². The van der Waals surface area contributed by atoms with Crippen molar-refractivity contribution in [3.63, 3.8) is 0 Å². The first-order valence-electron chi connectivity index (χ1n) is 4.83. The average Bonchev–Trinajstić information content (AvgIpc) is 2.58. The second-order valence-corrected chi connectivity index (χ2v) is 5.56. The molecule has 5 nitrogen and oxygen atoms in total. The van der Waals surface area contributed by atoms with Gasteiger partial charge in [0.15, 0.2) is 0 Å². The van der Waals surface area contributed by atoms with Gasteiger partial charge in [-0.2, -0.15) is 0 Å². The van der Waals surface area contributed by atoms with Gasteiger partial charge in [0.1, 0.15) is 0 Å². The number of benzene rings is 1. The van der Waals surface area contributed by atoms with Gasteiger partial charge in [-0.1, -0.05) is 18.2 Å². The van der Waals surface area contributed by atoms with E-state index in [1.54, 1.807) is 6.07 Å². The summed E-state index contributed by atoms with van der Waals surface area (Å²) in [6, 6.07) is 5.97. The molecule has 0 unspecified atom stereocenters. The molecule has 0 atom stereocenters. The molecule has 0 N–H and O–H groups in total. The van der Waals surface area contributed by atoms with Crippen molar-refractivity contribution in [3.8, 4) is 0 Å². The van der Waals surface area contributed by atoms with Crippen molar-refractivity contribution < 1.29 is 18.3 Å². The molecule has 0 radical (unpaired) electrons. The molecule has 1 aliphatic rings. The van der Waals surface area contributed by atoms with Crippen molar-refractivity contribution in [3.05, 3.63) is 29.8 Å². The highest BCUT2D eigenvalue weighted by atomic mass is 32.2. The van der Waals surface area contributed by atoms with E-state index in [2.05, 4.69) is 0 Å². The lowest BCUT2D eigenvalue weighted by molar-refractivity contribution is -0.254. The Morgan fingerprint density at radius 3 is 2.56 bits per heavy atom. The predicted molar refractivity (Wildman–Crippen MR) is 56.5 cm³/mol. The van der Waals surface area contributed by atoms with Crippen LogP contribution in [0, 0.1) is 0 Å². The van der Waals surface area contributed by atoms with Crippen LogP contribution in [-0.4, -0.2) is 26.7 Å². The van der Waals surface area contributed by atoms with Crippen LogP contribution >= 0.6 is 0 Å². The number of hydrogen-bond donors (Lipinski definition) is 0. The third kappa shape index (κ3) is 1.76. The molecule has 0 spiro atoms. The third-order valence-electron chi connectivity index (χ3n) is 2.49. The summed E-state index contributed by atoms with van der Waals surface area (Å²) in [5.41, 5.74) is 0.105. The quantitative estimate of drug-likeness (QED) is 0.704. The molecule has 1 fully saturated rings. The van der Waals surface area contributed by atoms with Crippen molar-refractivity contribution in [1.29, 1.82) is 0 Å². The number of carboxylic acid groups (broad SMARTS) is 1. The summed E-state index contributed by atoms with van der Waals surface area (Å²) >= 11 is 0. The van der Waals surface area contributed by atoms with Crippen LogP contribution < -0.4 is 9.41 Å². The Bertz CT molecular complexity index is 523. The fourth-order valence-corrected chi connectivity index (χ4v) is 3.35. The fraction of sp³-hybridized carbons (Fsp3) is 0.300. The summed E-state index contributed by atoms with van der Waals surface area (Å²) in [6.45, 7) is 0.326. The SMILES string of the molecule is O=C([O-])c1ccccc1N1CCCS1(=O)=O. The Morgan fingerprint density at radius 1 is 1.31 bits per heavy atom. The molecular weight excluding hydrogens is 230 g/mol. The van der Waals surface area contributed by atoms with Gasteiger partial charge < -0.3 is 9.90 Å². The highest BCUT2D eigenvalue weighted by molar-refractivity contribution is 7.93. The number of nitrogens with zero attached hydrogens (tertiary/aromatic N) is 1. The van der Waals surface area contributed by atoms with E-state index >= 15 is 0 Å². The maximum absolute atomic E-state index is 11.6. The molecular formula is C10H10NO4S-. The zero-order valence-corrected chi connectivity index (χ0v) is 9.24. The van der Waals surface area contributed by atoms with E-state index in [4.69, 9.17) is 0 Å². The van der Waals surface area contributed by atoms with Crippen LogP contribution in [-0.2, 0) is 10.0 Å². The highest BCUT2D eigenvalue weighted by Gasteiger charge is 2.29. The molecule has 0 aliphatic carbocycles. The van der Waals surface area contributed by atoms with Gasteiger partial charge in [0.05, 0.1) is 17.4 Å². The molecule has 2 rings (SSSR count). The van der Waals surface area contributed by atoms with E-state index in [9.17, 15) is 18.3 Å². The zero-order valence-electron chi connectivity index (χ0n) is 8.42. The fourth-order valence-electron chi connectivity index (χ4n) is 1.77. The van der Waals surface area contributed by atoms with Crippen LogP contribution in [0.15, 0.2) is 24.3 Å². The summed E-state index contributed by atoms with van der Waals surface area (Å²) in [6.07, 6.45) is 0.518. The molecule has 1 heterocycles. The van der Waals surface area contributed by atoms with E-state index in [1.807, 2.05) is 0 Å². The van der Waals surface area contributed by atoms with E-state index in [1.165, 1.54) is 18.2 Å². The molecule has 0 saturated carbocycles.